The Morgan fingerprint density at radius 2 is 1.80 bits per heavy atom. The van der Waals surface area contributed by atoms with E-state index in [4.69, 9.17) is 0 Å². The van der Waals surface area contributed by atoms with Crippen LogP contribution >= 0.6 is 0 Å². The van der Waals surface area contributed by atoms with Gasteiger partial charge in [0.1, 0.15) is 0 Å². The van der Waals surface area contributed by atoms with Gasteiger partial charge >= 0.3 is 0 Å². The molecule has 1 aliphatic rings. The molecule has 0 amide bonds. The van der Waals surface area contributed by atoms with Crippen LogP contribution in [0.4, 0.5) is 5.69 Å². The molecule has 2 N–H and O–H groups in total. The lowest BCUT2D eigenvalue weighted by Crippen LogP contribution is -2.30. The number of nitrogens with one attached hydrogen (secondary N) is 2. The summed E-state index contributed by atoms with van der Waals surface area (Å²) in [6.07, 6.45) is 3.53. The number of fused-ring (bicyclic) bond motifs is 1. The molecule has 0 saturated carbocycles. The predicted molar refractivity (Wildman–Crippen MR) is 85.1 cm³/mol. The molecule has 0 radical (unpaired) electrons. The second kappa shape index (κ2) is 6.58. The summed E-state index contributed by atoms with van der Waals surface area (Å²) in [4.78, 5) is 0. The maximum Gasteiger partial charge on any atom is 0.0340 e. The molecule has 0 aromatic heterocycles. The maximum absolute atomic E-state index is 3.65. The molecule has 20 heavy (non-hydrogen) atoms. The van der Waals surface area contributed by atoms with Crippen LogP contribution in [0.1, 0.15) is 30.0 Å². The van der Waals surface area contributed by atoms with E-state index in [1.54, 1.807) is 0 Å². The molecule has 1 unspecified atom stereocenters. The predicted octanol–water partition coefficient (Wildman–Crippen LogP) is 3.77. The zero-order valence-corrected chi connectivity index (χ0v) is 11.8. The number of hydrogen-bond donors (Lipinski definition) is 2. The standard InChI is InChI=1S/C18H22N2/c1-2-8-16(9-3-1)19-13-6-11-18-17-10-5-4-7-15(17)12-14-20-18/h1-5,7-10,18-20H,6,11-14H2. The second-order valence-electron chi connectivity index (χ2n) is 5.39. The summed E-state index contributed by atoms with van der Waals surface area (Å²) in [7, 11) is 0. The quantitative estimate of drug-likeness (QED) is 0.805. The lowest BCUT2D eigenvalue weighted by Gasteiger charge is -2.27. The Labute approximate surface area is 121 Å². The van der Waals surface area contributed by atoms with Crippen molar-refractivity contribution in [2.45, 2.75) is 25.3 Å². The van der Waals surface area contributed by atoms with Gasteiger partial charge in [-0.05, 0) is 49.1 Å². The molecule has 1 atom stereocenters. The van der Waals surface area contributed by atoms with E-state index >= 15 is 0 Å². The SMILES string of the molecule is c1ccc(NCCCC2NCCc3ccccc32)cc1. The van der Waals surface area contributed by atoms with Crippen molar-refractivity contribution in [3.05, 3.63) is 65.7 Å². The Hall–Kier alpha value is -1.80. The number of anilines is 1. The number of benzene rings is 2. The van der Waals surface area contributed by atoms with Gasteiger partial charge in [0.25, 0.3) is 0 Å². The molecule has 2 nitrogen and oxygen atoms in total. The van der Waals surface area contributed by atoms with Crippen molar-refractivity contribution in [2.24, 2.45) is 0 Å². The van der Waals surface area contributed by atoms with Gasteiger partial charge in [-0.1, -0.05) is 42.5 Å². The van der Waals surface area contributed by atoms with Crippen LogP contribution in [-0.4, -0.2) is 13.1 Å². The Morgan fingerprint density at radius 3 is 2.70 bits per heavy atom. The molecule has 0 fully saturated rings. The number of hydrogen-bond acceptors (Lipinski definition) is 2. The smallest absolute Gasteiger partial charge is 0.0340 e. The van der Waals surface area contributed by atoms with Crippen LogP contribution < -0.4 is 10.6 Å². The first kappa shape index (κ1) is 13.2. The molecule has 2 aromatic carbocycles. The molecule has 104 valence electrons. The van der Waals surface area contributed by atoms with Gasteiger partial charge in [0, 0.05) is 18.3 Å². The Morgan fingerprint density at radius 1 is 1.00 bits per heavy atom. The monoisotopic (exact) mass is 266 g/mol. The highest BCUT2D eigenvalue weighted by Crippen LogP contribution is 2.26. The zero-order chi connectivity index (χ0) is 13.6. The van der Waals surface area contributed by atoms with Gasteiger partial charge in [0.05, 0.1) is 0 Å². The van der Waals surface area contributed by atoms with Gasteiger partial charge in [-0.3, -0.25) is 0 Å². The third-order valence-electron chi connectivity index (χ3n) is 3.99. The highest BCUT2D eigenvalue weighted by molar-refractivity contribution is 5.42. The third-order valence-corrected chi connectivity index (χ3v) is 3.99. The van der Waals surface area contributed by atoms with E-state index in [0.29, 0.717) is 6.04 Å². The van der Waals surface area contributed by atoms with Crippen LogP contribution in [0.2, 0.25) is 0 Å². The molecule has 0 aliphatic carbocycles. The number of para-hydroxylation sites is 1. The Kier molecular flexibility index (Phi) is 4.34. The third kappa shape index (κ3) is 3.20. The summed E-state index contributed by atoms with van der Waals surface area (Å²) >= 11 is 0. The highest BCUT2D eigenvalue weighted by atomic mass is 14.9. The Bertz CT molecular complexity index is 536. The van der Waals surface area contributed by atoms with Crippen molar-refractivity contribution >= 4 is 5.69 Å². The first-order valence-corrected chi connectivity index (χ1v) is 7.53. The van der Waals surface area contributed by atoms with Crippen LogP contribution in [0.25, 0.3) is 0 Å². The molecule has 2 heteroatoms. The minimum absolute atomic E-state index is 0.525. The molecule has 1 heterocycles. The summed E-state index contributed by atoms with van der Waals surface area (Å²) in [6, 6.07) is 19.8. The normalized spacial score (nSPS) is 17.5. The molecule has 1 aliphatic heterocycles. The van der Waals surface area contributed by atoms with Gasteiger partial charge < -0.3 is 10.6 Å². The van der Waals surface area contributed by atoms with Gasteiger partial charge in [0.15, 0.2) is 0 Å². The van der Waals surface area contributed by atoms with E-state index in [2.05, 4.69) is 59.2 Å². The minimum atomic E-state index is 0.525. The zero-order valence-electron chi connectivity index (χ0n) is 11.8. The van der Waals surface area contributed by atoms with Crippen molar-refractivity contribution in [1.29, 1.82) is 0 Å². The Balaban J connectivity index is 1.50. The van der Waals surface area contributed by atoms with E-state index in [-0.39, 0.29) is 0 Å². The fourth-order valence-corrected chi connectivity index (χ4v) is 2.95. The van der Waals surface area contributed by atoms with Crippen LogP contribution in [0.15, 0.2) is 54.6 Å². The average molecular weight is 266 g/mol. The first-order valence-electron chi connectivity index (χ1n) is 7.53. The summed E-state index contributed by atoms with van der Waals surface area (Å²) in [6.45, 7) is 2.14. The van der Waals surface area contributed by atoms with E-state index < -0.39 is 0 Å². The fourth-order valence-electron chi connectivity index (χ4n) is 2.95. The van der Waals surface area contributed by atoms with Gasteiger partial charge in [0.2, 0.25) is 0 Å². The first-order chi connectivity index (χ1) is 9.93. The van der Waals surface area contributed by atoms with E-state index in [1.165, 1.54) is 29.7 Å². The van der Waals surface area contributed by atoms with Crippen LogP contribution in [0, 0.1) is 0 Å². The molecule has 3 rings (SSSR count). The summed E-state index contributed by atoms with van der Waals surface area (Å²) in [5.74, 6) is 0. The summed E-state index contributed by atoms with van der Waals surface area (Å²) < 4.78 is 0. The summed E-state index contributed by atoms with van der Waals surface area (Å²) in [5.41, 5.74) is 4.23. The molecule has 2 aromatic rings. The molecular weight excluding hydrogens is 244 g/mol. The van der Waals surface area contributed by atoms with Crippen LogP contribution in [-0.2, 0) is 6.42 Å². The van der Waals surface area contributed by atoms with Crippen molar-refractivity contribution < 1.29 is 0 Å². The van der Waals surface area contributed by atoms with Crippen molar-refractivity contribution in [2.75, 3.05) is 18.4 Å². The number of rotatable bonds is 5. The van der Waals surface area contributed by atoms with Crippen molar-refractivity contribution in [3.63, 3.8) is 0 Å². The highest BCUT2D eigenvalue weighted by Gasteiger charge is 2.18. The molecule has 0 spiro atoms. The largest absolute Gasteiger partial charge is 0.385 e. The van der Waals surface area contributed by atoms with E-state index in [9.17, 15) is 0 Å². The van der Waals surface area contributed by atoms with E-state index in [1.807, 2.05) is 6.07 Å². The van der Waals surface area contributed by atoms with Gasteiger partial charge in [-0.2, -0.15) is 0 Å². The summed E-state index contributed by atoms with van der Waals surface area (Å²) in [5, 5.41) is 7.13. The van der Waals surface area contributed by atoms with Gasteiger partial charge in [-0.25, -0.2) is 0 Å². The average Bonchev–Trinajstić information content (AvgIpc) is 2.53. The van der Waals surface area contributed by atoms with Crippen LogP contribution in [0.5, 0.6) is 0 Å². The van der Waals surface area contributed by atoms with Crippen LogP contribution in [0.3, 0.4) is 0 Å². The maximum atomic E-state index is 3.65. The topological polar surface area (TPSA) is 24.1 Å². The fraction of sp³-hybridized carbons (Fsp3) is 0.333. The van der Waals surface area contributed by atoms with Gasteiger partial charge in [-0.15, -0.1) is 0 Å². The lowest BCUT2D eigenvalue weighted by atomic mass is 9.92. The molecule has 0 saturated heterocycles. The molecule has 0 bridgehead atoms. The second-order valence-corrected chi connectivity index (χ2v) is 5.39. The van der Waals surface area contributed by atoms with Crippen molar-refractivity contribution in [1.82, 2.24) is 5.32 Å². The lowest BCUT2D eigenvalue weighted by molar-refractivity contribution is 0.467. The van der Waals surface area contributed by atoms with E-state index in [0.717, 1.165) is 19.5 Å². The molecular formula is C18H22N2. The minimum Gasteiger partial charge on any atom is -0.385 e. The van der Waals surface area contributed by atoms with Crippen molar-refractivity contribution in [3.8, 4) is 0 Å².